The second kappa shape index (κ2) is 8.87. The van der Waals surface area contributed by atoms with Gasteiger partial charge in [0.2, 0.25) is 5.91 Å². The van der Waals surface area contributed by atoms with Crippen LogP contribution in [0.25, 0.3) is 0 Å². The average Bonchev–Trinajstić information content (AvgIpc) is 2.44. The van der Waals surface area contributed by atoms with E-state index in [1.165, 1.54) is 0 Å². The third kappa shape index (κ3) is 5.84. The second-order valence-corrected chi connectivity index (χ2v) is 5.81. The van der Waals surface area contributed by atoms with Crippen molar-refractivity contribution in [2.24, 2.45) is 5.73 Å². The summed E-state index contributed by atoms with van der Waals surface area (Å²) in [5, 5.41) is 2.83. The molecule has 1 aromatic carbocycles. The number of hydrogen-bond donors (Lipinski definition) is 2. The zero-order chi connectivity index (χ0) is 15.0. The molecular weight excluding hydrogens is 272 g/mol. The van der Waals surface area contributed by atoms with E-state index in [0.717, 1.165) is 17.1 Å². The molecule has 0 fully saturated rings. The van der Waals surface area contributed by atoms with E-state index >= 15 is 0 Å². The van der Waals surface area contributed by atoms with Crippen molar-refractivity contribution in [2.45, 2.75) is 32.4 Å². The first kappa shape index (κ1) is 16.9. The van der Waals surface area contributed by atoms with E-state index in [0.29, 0.717) is 13.0 Å². The van der Waals surface area contributed by atoms with Crippen LogP contribution < -0.4 is 15.8 Å². The van der Waals surface area contributed by atoms with Crippen molar-refractivity contribution in [1.82, 2.24) is 5.32 Å². The van der Waals surface area contributed by atoms with Gasteiger partial charge in [-0.1, -0.05) is 18.2 Å². The number of benzene rings is 1. The predicted octanol–water partition coefficient (Wildman–Crippen LogP) is 1.96. The topological polar surface area (TPSA) is 64.4 Å². The van der Waals surface area contributed by atoms with Crippen molar-refractivity contribution in [2.75, 3.05) is 18.6 Å². The largest absolute Gasteiger partial charge is 0.489 e. The lowest BCUT2D eigenvalue weighted by Gasteiger charge is -2.18. The molecule has 0 saturated carbocycles. The number of nitrogens with one attached hydrogen (secondary N) is 1. The minimum absolute atomic E-state index is 0.0900. The maximum Gasteiger partial charge on any atom is 0.237 e. The molecule has 3 N–H and O–H groups in total. The molecule has 1 rings (SSSR count). The summed E-state index contributed by atoms with van der Waals surface area (Å²) in [7, 11) is 0. The lowest BCUT2D eigenvalue weighted by Crippen LogP contribution is -2.44. The first-order valence-electron chi connectivity index (χ1n) is 6.79. The van der Waals surface area contributed by atoms with Gasteiger partial charge in [0.15, 0.2) is 0 Å². The Morgan fingerprint density at radius 2 is 2.15 bits per heavy atom. The molecule has 0 heterocycles. The van der Waals surface area contributed by atoms with Gasteiger partial charge in [0, 0.05) is 0 Å². The van der Waals surface area contributed by atoms with Gasteiger partial charge in [0.05, 0.1) is 12.6 Å². The molecule has 1 aromatic rings. The summed E-state index contributed by atoms with van der Waals surface area (Å²) >= 11 is 1.69. The average molecular weight is 296 g/mol. The minimum Gasteiger partial charge on any atom is -0.489 e. The van der Waals surface area contributed by atoms with Crippen molar-refractivity contribution in [3.8, 4) is 5.75 Å². The van der Waals surface area contributed by atoms with Crippen LogP contribution in [0.3, 0.4) is 0 Å². The lowest BCUT2D eigenvalue weighted by atomic mass is 10.2. The summed E-state index contributed by atoms with van der Waals surface area (Å²) in [6.45, 7) is 4.39. The molecule has 1 unspecified atom stereocenters. The molecule has 1 amide bonds. The summed E-state index contributed by atoms with van der Waals surface area (Å²) in [5.74, 6) is 1.63. The van der Waals surface area contributed by atoms with Crippen LogP contribution in [-0.2, 0) is 4.79 Å². The highest BCUT2D eigenvalue weighted by atomic mass is 32.2. The fourth-order valence-corrected chi connectivity index (χ4v) is 2.19. The van der Waals surface area contributed by atoms with Gasteiger partial charge in [-0.05, 0) is 43.9 Å². The van der Waals surface area contributed by atoms with Crippen LogP contribution in [0.5, 0.6) is 5.75 Å². The van der Waals surface area contributed by atoms with Crippen LogP contribution in [0, 0.1) is 6.92 Å². The van der Waals surface area contributed by atoms with Crippen molar-refractivity contribution >= 4 is 17.7 Å². The number of aryl methyl sites for hydroxylation is 1. The fourth-order valence-electron chi connectivity index (χ4n) is 1.70. The molecule has 0 aliphatic carbocycles. The van der Waals surface area contributed by atoms with E-state index in [-0.39, 0.29) is 12.0 Å². The van der Waals surface area contributed by atoms with Gasteiger partial charge in [-0.15, -0.1) is 0 Å². The van der Waals surface area contributed by atoms with E-state index in [2.05, 4.69) is 5.32 Å². The Labute approximate surface area is 125 Å². The standard InChI is InChI=1S/C15H24N2O2S/c1-11-6-4-5-7-14(11)19-12(2)10-17-15(18)13(16)8-9-20-3/h4-7,12-13H,8-10,16H2,1-3H3,(H,17,18)/t12?,13-/m0/s1. The molecule has 112 valence electrons. The molecule has 4 nitrogen and oxygen atoms in total. The van der Waals surface area contributed by atoms with Crippen LogP contribution >= 0.6 is 11.8 Å². The van der Waals surface area contributed by atoms with Crippen LogP contribution in [0.2, 0.25) is 0 Å². The van der Waals surface area contributed by atoms with Gasteiger partial charge in [-0.25, -0.2) is 0 Å². The van der Waals surface area contributed by atoms with Gasteiger partial charge < -0.3 is 15.8 Å². The first-order chi connectivity index (χ1) is 9.54. The minimum atomic E-state index is -0.437. The summed E-state index contributed by atoms with van der Waals surface area (Å²) in [6.07, 6.45) is 2.61. The number of thioether (sulfide) groups is 1. The Balaban J connectivity index is 2.34. The Morgan fingerprint density at radius 3 is 2.80 bits per heavy atom. The van der Waals surface area contributed by atoms with Crippen LogP contribution in [0.4, 0.5) is 0 Å². The zero-order valence-corrected chi connectivity index (χ0v) is 13.2. The van der Waals surface area contributed by atoms with Gasteiger partial charge in [0.1, 0.15) is 11.9 Å². The van der Waals surface area contributed by atoms with Gasteiger partial charge >= 0.3 is 0 Å². The molecule has 0 radical (unpaired) electrons. The number of nitrogens with two attached hydrogens (primary N) is 1. The molecule has 0 spiro atoms. The highest BCUT2D eigenvalue weighted by Gasteiger charge is 2.14. The molecule has 20 heavy (non-hydrogen) atoms. The molecule has 5 heteroatoms. The van der Waals surface area contributed by atoms with E-state index in [4.69, 9.17) is 10.5 Å². The summed E-state index contributed by atoms with van der Waals surface area (Å²) in [6, 6.07) is 7.40. The monoisotopic (exact) mass is 296 g/mol. The number of carbonyl (C=O) groups is 1. The molecule has 0 aliphatic rings. The third-order valence-electron chi connectivity index (χ3n) is 2.96. The van der Waals surface area contributed by atoms with Crippen LogP contribution in [0.1, 0.15) is 18.9 Å². The fraction of sp³-hybridized carbons (Fsp3) is 0.533. The maximum atomic E-state index is 11.8. The van der Waals surface area contributed by atoms with E-state index in [1.54, 1.807) is 11.8 Å². The van der Waals surface area contributed by atoms with Crippen molar-refractivity contribution < 1.29 is 9.53 Å². The number of rotatable bonds is 8. The zero-order valence-electron chi connectivity index (χ0n) is 12.4. The van der Waals surface area contributed by atoms with Crippen molar-refractivity contribution in [3.63, 3.8) is 0 Å². The van der Waals surface area contributed by atoms with Gasteiger partial charge in [-0.2, -0.15) is 11.8 Å². The maximum absolute atomic E-state index is 11.8. The van der Waals surface area contributed by atoms with E-state index in [1.807, 2.05) is 44.4 Å². The summed E-state index contributed by atoms with van der Waals surface area (Å²) in [5.41, 5.74) is 6.89. The number of ether oxygens (including phenoxy) is 1. The molecule has 0 saturated heterocycles. The summed E-state index contributed by atoms with van der Waals surface area (Å²) < 4.78 is 5.80. The number of amides is 1. The van der Waals surface area contributed by atoms with Crippen molar-refractivity contribution in [3.05, 3.63) is 29.8 Å². The summed E-state index contributed by atoms with van der Waals surface area (Å²) in [4.78, 5) is 11.8. The third-order valence-corrected chi connectivity index (χ3v) is 3.60. The van der Waals surface area contributed by atoms with E-state index in [9.17, 15) is 4.79 Å². The SMILES string of the molecule is CSCC[C@H](N)C(=O)NCC(C)Oc1ccccc1C. The highest BCUT2D eigenvalue weighted by Crippen LogP contribution is 2.17. The van der Waals surface area contributed by atoms with Crippen LogP contribution in [0.15, 0.2) is 24.3 Å². The highest BCUT2D eigenvalue weighted by molar-refractivity contribution is 7.98. The quantitative estimate of drug-likeness (QED) is 0.770. The lowest BCUT2D eigenvalue weighted by molar-refractivity contribution is -0.122. The molecule has 0 aromatic heterocycles. The van der Waals surface area contributed by atoms with Gasteiger partial charge in [0.25, 0.3) is 0 Å². The number of carbonyl (C=O) groups excluding carboxylic acids is 1. The molecule has 0 aliphatic heterocycles. The number of hydrogen-bond acceptors (Lipinski definition) is 4. The van der Waals surface area contributed by atoms with Gasteiger partial charge in [-0.3, -0.25) is 4.79 Å². The smallest absolute Gasteiger partial charge is 0.237 e. The van der Waals surface area contributed by atoms with E-state index < -0.39 is 6.04 Å². The number of para-hydroxylation sites is 1. The normalized spacial score (nSPS) is 13.6. The first-order valence-corrected chi connectivity index (χ1v) is 8.18. The Kier molecular flexibility index (Phi) is 7.47. The molecular formula is C15H24N2O2S. The van der Waals surface area contributed by atoms with Crippen molar-refractivity contribution in [1.29, 1.82) is 0 Å². The Morgan fingerprint density at radius 1 is 1.45 bits per heavy atom. The second-order valence-electron chi connectivity index (χ2n) is 4.83. The Bertz CT molecular complexity index is 426. The van der Waals surface area contributed by atoms with Crippen LogP contribution in [-0.4, -0.2) is 36.6 Å². The molecule has 2 atom stereocenters. The molecule has 0 bridgehead atoms. The Hall–Kier alpha value is -1.20. The predicted molar refractivity (Wildman–Crippen MR) is 85.3 cm³/mol.